The van der Waals surface area contributed by atoms with Gasteiger partial charge in [0.2, 0.25) is 0 Å². The van der Waals surface area contributed by atoms with Crippen LogP contribution in [-0.2, 0) is 6.42 Å². The van der Waals surface area contributed by atoms with Crippen molar-refractivity contribution in [3.63, 3.8) is 0 Å². The lowest BCUT2D eigenvalue weighted by Crippen LogP contribution is -2.15. The Hall–Kier alpha value is -2.04. The minimum Gasteiger partial charge on any atom is -0.206 e. The third-order valence-corrected chi connectivity index (χ3v) is 6.05. The number of benzene rings is 2. The van der Waals surface area contributed by atoms with E-state index in [4.69, 9.17) is 11.6 Å². The molecule has 0 amide bonds. The van der Waals surface area contributed by atoms with E-state index < -0.39 is 0 Å². The minimum atomic E-state index is -0.379. The highest BCUT2D eigenvalue weighted by Gasteiger charge is 2.20. The highest BCUT2D eigenvalue weighted by Crippen LogP contribution is 2.33. The van der Waals surface area contributed by atoms with Gasteiger partial charge in [0.25, 0.3) is 0 Å². The fourth-order valence-electron chi connectivity index (χ4n) is 4.02. The van der Waals surface area contributed by atoms with E-state index in [9.17, 15) is 4.39 Å². The molecule has 0 aliphatic heterocycles. The number of aryl methyl sites for hydroxylation is 1. The zero-order valence-electron chi connectivity index (χ0n) is 16.4. The fraction of sp³-hybridized carbons (Fsp3) is 0.385. The maximum absolute atomic E-state index is 13.8. The molecule has 0 bridgehead atoms. The van der Waals surface area contributed by atoms with Crippen LogP contribution >= 0.6 is 11.6 Å². The van der Waals surface area contributed by atoms with Crippen LogP contribution < -0.4 is 0 Å². The van der Waals surface area contributed by atoms with Crippen LogP contribution in [0.15, 0.2) is 55.1 Å². The first-order valence-electron chi connectivity index (χ1n) is 10.3. The molecule has 0 spiro atoms. The lowest BCUT2D eigenvalue weighted by molar-refractivity contribution is 0.254. The minimum absolute atomic E-state index is 0.372. The summed E-state index contributed by atoms with van der Waals surface area (Å²) in [5.41, 5.74) is 2.63. The first kappa shape index (κ1) is 20.7. The highest BCUT2D eigenvalue weighted by atomic mass is 35.5. The van der Waals surface area contributed by atoms with Crippen molar-refractivity contribution >= 4 is 11.6 Å². The van der Waals surface area contributed by atoms with Crippen molar-refractivity contribution in [2.24, 2.45) is 11.8 Å². The van der Waals surface area contributed by atoms with Crippen molar-refractivity contribution in [3.8, 4) is 11.8 Å². The van der Waals surface area contributed by atoms with Gasteiger partial charge in [0.15, 0.2) is 0 Å². The summed E-state index contributed by atoms with van der Waals surface area (Å²) in [6.07, 6.45) is 12.4. The molecule has 0 atom stereocenters. The van der Waals surface area contributed by atoms with Crippen molar-refractivity contribution in [1.82, 2.24) is 0 Å². The molecule has 1 fully saturated rings. The van der Waals surface area contributed by atoms with Gasteiger partial charge < -0.3 is 0 Å². The van der Waals surface area contributed by atoms with Gasteiger partial charge in [-0.1, -0.05) is 67.3 Å². The monoisotopic (exact) mass is 394 g/mol. The summed E-state index contributed by atoms with van der Waals surface area (Å²) in [6, 6.07) is 12.9. The van der Waals surface area contributed by atoms with E-state index in [2.05, 4.69) is 30.6 Å². The van der Waals surface area contributed by atoms with Crippen molar-refractivity contribution in [2.75, 3.05) is 0 Å². The molecule has 1 saturated carbocycles. The highest BCUT2D eigenvalue weighted by molar-refractivity contribution is 6.30. The fourth-order valence-corrected chi connectivity index (χ4v) is 4.18. The first-order valence-corrected chi connectivity index (χ1v) is 10.7. The summed E-state index contributed by atoms with van der Waals surface area (Å²) in [7, 11) is 0. The molecule has 2 aromatic rings. The average molecular weight is 395 g/mol. The largest absolute Gasteiger partial charge is 0.206 e. The van der Waals surface area contributed by atoms with E-state index in [1.54, 1.807) is 12.1 Å². The van der Waals surface area contributed by atoms with Gasteiger partial charge in [0.05, 0.1) is 5.56 Å². The molecule has 2 aromatic carbocycles. The summed E-state index contributed by atoms with van der Waals surface area (Å²) in [5, 5.41) is 0.387. The van der Waals surface area contributed by atoms with E-state index in [0.29, 0.717) is 10.6 Å². The Morgan fingerprint density at radius 2 is 1.64 bits per heavy atom. The Kier molecular flexibility index (Phi) is 7.75. The van der Waals surface area contributed by atoms with Gasteiger partial charge in [-0.05, 0) is 73.4 Å². The van der Waals surface area contributed by atoms with E-state index in [-0.39, 0.29) is 5.82 Å². The maximum Gasteiger partial charge on any atom is 0.140 e. The molecule has 28 heavy (non-hydrogen) atoms. The third kappa shape index (κ3) is 6.25. The summed E-state index contributed by atoms with van der Waals surface area (Å²) in [5.74, 6) is 7.33. The van der Waals surface area contributed by atoms with Gasteiger partial charge in [-0.2, -0.15) is 0 Å². The second kappa shape index (κ2) is 10.5. The topological polar surface area (TPSA) is 0 Å². The van der Waals surface area contributed by atoms with Crippen molar-refractivity contribution in [3.05, 3.63) is 82.6 Å². The normalized spacial score (nSPS) is 18.9. The standard InChI is InChI=1S/C26H28ClF/c1-2-3-4-20-5-7-21(8-6-20)9-10-22-11-13-23(14-12-22)15-16-24-17-18-25(27)19-26(24)28/h2,11-14,17-21H,1,3-10H2. The Bertz CT molecular complexity index is 833. The molecular weight excluding hydrogens is 367 g/mol. The molecule has 0 nitrogen and oxygen atoms in total. The van der Waals surface area contributed by atoms with Crippen LogP contribution in [0.3, 0.4) is 0 Å². The van der Waals surface area contributed by atoms with Crippen molar-refractivity contribution in [1.29, 1.82) is 0 Å². The molecule has 0 aromatic heterocycles. The van der Waals surface area contributed by atoms with Crippen LogP contribution in [0.2, 0.25) is 5.02 Å². The molecule has 0 N–H and O–H groups in total. The average Bonchev–Trinajstić information content (AvgIpc) is 2.71. The lowest BCUT2D eigenvalue weighted by Gasteiger charge is -2.28. The molecule has 1 aliphatic rings. The number of allylic oxidation sites excluding steroid dienone is 1. The Morgan fingerprint density at radius 3 is 2.29 bits per heavy atom. The maximum atomic E-state index is 13.8. The van der Waals surface area contributed by atoms with Gasteiger partial charge >= 0.3 is 0 Å². The van der Waals surface area contributed by atoms with Gasteiger partial charge in [-0.15, -0.1) is 6.58 Å². The molecule has 146 valence electrons. The molecule has 0 saturated heterocycles. The summed E-state index contributed by atoms with van der Waals surface area (Å²) in [4.78, 5) is 0. The van der Waals surface area contributed by atoms with E-state index in [0.717, 1.165) is 30.2 Å². The predicted molar refractivity (Wildman–Crippen MR) is 117 cm³/mol. The zero-order valence-corrected chi connectivity index (χ0v) is 17.1. The number of halogens is 2. The molecule has 0 radical (unpaired) electrons. The summed E-state index contributed by atoms with van der Waals surface area (Å²) >= 11 is 5.77. The van der Waals surface area contributed by atoms with Crippen LogP contribution in [0, 0.1) is 29.5 Å². The van der Waals surface area contributed by atoms with Crippen molar-refractivity contribution < 1.29 is 4.39 Å². The van der Waals surface area contributed by atoms with Gasteiger partial charge in [0.1, 0.15) is 5.82 Å². The third-order valence-electron chi connectivity index (χ3n) is 5.81. The molecule has 2 heteroatoms. The van der Waals surface area contributed by atoms with Crippen LogP contribution in [0.4, 0.5) is 4.39 Å². The van der Waals surface area contributed by atoms with E-state index in [1.807, 2.05) is 18.2 Å². The lowest BCUT2D eigenvalue weighted by atomic mass is 9.78. The van der Waals surface area contributed by atoms with Crippen LogP contribution in [0.1, 0.15) is 61.6 Å². The van der Waals surface area contributed by atoms with Gasteiger partial charge in [-0.3, -0.25) is 0 Å². The quantitative estimate of drug-likeness (QED) is 0.349. The number of hydrogen-bond acceptors (Lipinski definition) is 0. The Labute approximate surface area is 173 Å². The van der Waals surface area contributed by atoms with Gasteiger partial charge in [0, 0.05) is 10.6 Å². The van der Waals surface area contributed by atoms with Crippen LogP contribution in [0.5, 0.6) is 0 Å². The first-order chi connectivity index (χ1) is 13.6. The summed E-state index contributed by atoms with van der Waals surface area (Å²) < 4.78 is 13.8. The Morgan fingerprint density at radius 1 is 0.964 bits per heavy atom. The van der Waals surface area contributed by atoms with Crippen LogP contribution in [-0.4, -0.2) is 0 Å². The molecule has 0 unspecified atom stereocenters. The zero-order chi connectivity index (χ0) is 19.8. The molecule has 1 aliphatic carbocycles. The number of rotatable bonds is 6. The summed E-state index contributed by atoms with van der Waals surface area (Å²) in [6.45, 7) is 3.83. The Balaban J connectivity index is 1.48. The second-order valence-corrected chi connectivity index (χ2v) is 8.30. The van der Waals surface area contributed by atoms with Gasteiger partial charge in [-0.25, -0.2) is 4.39 Å². The molecule has 3 rings (SSSR count). The SMILES string of the molecule is C=CCCC1CCC(CCc2ccc(C#Cc3ccc(Cl)cc3F)cc2)CC1. The van der Waals surface area contributed by atoms with Crippen molar-refractivity contribution in [2.45, 2.75) is 51.4 Å². The van der Waals surface area contributed by atoms with E-state index in [1.165, 1.54) is 50.2 Å². The smallest absolute Gasteiger partial charge is 0.140 e. The van der Waals surface area contributed by atoms with E-state index >= 15 is 0 Å². The molecule has 0 heterocycles. The van der Waals surface area contributed by atoms with Crippen LogP contribution in [0.25, 0.3) is 0 Å². The second-order valence-electron chi connectivity index (χ2n) is 7.86. The number of hydrogen-bond donors (Lipinski definition) is 0. The molecular formula is C26H28ClF. The predicted octanol–water partition coefficient (Wildman–Crippen LogP) is 7.58.